The van der Waals surface area contributed by atoms with Gasteiger partial charge in [0, 0.05) is 18.7 Å². The molecular weight excluding hydrogens is 323 g/mol. The molecule has 0 radical (unpaired) electrons. The minimum atomic E-state index is -0.361. The quantitative estimate of drug-likeness (QED) is 0.928. The topological polar surface area (TPSA) is 72.6 Å². The molecule has 0 aliphatic carbocycles. The summed E-state index contributed by atoms with van der Waals surface area (Å²) in [5, 5.41) is 0. The van der Waals surface area contributed by atoms with Crippen LogP contribution in [0.3, 0.4) is 0 Å². The van der Waals surface area contributed by atoms with Gasteiger partial charge in [-0.3, -0.25) is 9.59 Å². The maximum atomic E-state index is 12.9. The smallest absolute Gasteiger partial charge is 0.253 e. The molecule has 1 unspecified atom stereocenters. The third-order valence-corrected chi connectivity index (χ3v) is 4.26. The largest absolute Gasteiger partial charge is 0.457 e. The lowest BCUT2D eigenvalue weighted by molar-refractivity contribution is -0.123. The summed E-state index contributed by atoms with van der Waals surface area (Å²) in [5.74, 6) is -0.0275. The average molecular weight is 342 g/mol. The van der Waals surface area contributed by atoms with E-state index in [2.05, 4.69) is 0 Å². The van der Waals surface area contributed by atoms with Crippen LogP contribution in [0.1, 0.15) is 23.2 Å². The van der Waals surface area contributed by atoms with Crippen LogP contribution in [0.4, 0.5) is 4.39 Å². The molecule has 1 fully saturated rings. The van der Waals surface area contributed by atoms with E-state index < -0.39 is 0 Å². The summed E-state index contributed by atoms with van der Waals surface area (Å²) in [6.07, 6.45) is 1.49. The van der Waals surface area contributed by atoms with Crippen LogP contribution >= 0.6 is 0 Å². The van der Waals surface area contributed by atoms with E-state index >= 15 is 0 Å². The van der Waals surface area contributed by atoms with Gasteiger partial charge in [-0.25, -0.2) is 4.39 Å². The zero-order valence-electron chi connectivity index (χ0n) is 13.7. The van der Waals surface area contributed by atoms with Crippen molar-refractivity contribution >= 4 is 11.8 Å². The molecule has 2 aromatic carbocycles. The fourth-order valence-electron chi connectivity index (χ4n) is 2.88. The van der Waals surface area contributed by atoms with Crippen LogP contribution in [0.2, 0.25) is 0 Å². The first-order chi connectivity index (χ1) is 12.0. The molecule has 25 heavy (non-hydrogen) atoms. The van der Waals surface area contributed by atoms with Crippen molar-refractivity contribution in [3.63, 3.8) is 0 Å². The summed E-state index contributed by atoms with van der Waals surface area (Å²) in [7, 11) is 0. The van der Waals surface area contributed by atoms with Crippen LogP contribution in [-0.2, 0) is 4.79 Å². The Labute approximate surface area is 145 Å². The Kier molecular flexibility index (Phi) is 4.97. The predicted octanol–water partition coefficient (Wildman–Crippen LogP) is 2.96. The second-order valence-electron chi connectivity index (χ2n) is 6.07. The Bertz CT molecular complexity index is 759. The van der Waals surface area contributed by atoms with Crippen LogP contribution < -0.4 is 10.5 Å². The van der Waals surface area contributed by atoms with Gasteiger partial charge in [0.25, 0.3) is 5.91 Å². The van der Waals surface area contributed by atoms with Crippen LogP contribution in [0.25, 0.3) is 0 Å². The van der Waals surface area contributed by atoms with Crippen LogP contribution in [0.15, 0.2) is 48.5 Å². The van der Waals surface area contributed by atoms with Crippen LogP contribution in [-0.4, -0.2) is 29.8 Å². The molecule has 2 amide bonds. The van der Waals surface area contributed by atoms with Crippen molar-refractivity contribution in [1.29, 1.82) is 0 Å². The molecule has 2 aromatic rings. The molecule has 0 aromatic heterocycles. The molecule has 3 rings (SSSR count). The summed E-state index contributed by atoms with van der Waals surface area (Å²) in [5.41, 5.74) is 5.88. The highest BCUT2D eigenvalue weighted by Crippen LogP contribution is 2.23. The number of nitrogens with zero attached hydrogens (tertiary/aromatic N) is 1. The Morgan fingerprint density at radius 3 is 2.24 bits per heavy atom. The van der Waals surface area contributed by atoms with E-state index in [0.717, 1.165) is 12.8 Å². The van der Waals surface area contributed by atoms with Crippen LogP contribution in [0.5, 0.6) is 11.5 Å². The molecule has 6 heteroatoms. The maximum absolute atomic E-state index is 12.9. The lowest BCUT2D eigenvalue weighted by Gasteiger charge is -2.31. The highest BCUT2D eigenvalue weighted by molar-refractivity contribution is 5.94. The molecule has 1 aliphatic heterocycles. The average Bonchev–Trinajstić information content (AvgIpc) is 2.64. The Morgan fingerprint density at radius 1 is 1.04 bits per heavy atom. The van der Waals surface area contributed by atoms with Gasteiger partial charge in [-0.1, -0.05) is 0 Å². The highest BCUT2D eigenvalue weighted by Gasteiger charge is 2.27. The molecule has 0 bridgehead atoms. The Morgan fingerprint density at radius 2 is 1.64 bits per heavy atom. The number of halogens is 1. The van der Waals surface area contributed by atoms with Crippen molar-refractivity contribution in [2.45, 2.75) is 12.8 Å². The number of amides is 2. The number of benzene rings is 2. The van der Waals surface area contributed by atoms with Crippen molar-refractivity contribution < 1.29 is 18.7 Å². The number of carbonyl (C=O) groups is 2. The highest BCUT2D eigenvalue weighted by atomic mass is 19.1. The van der Waals surface area contributed by atoms with Gasteiger partial charge in [0.15, 0.2) is 0 Å². The Hall–Kier alpha value is -2.89. The van der Waals surface area contributed by atoms with Gasteiger partial charge in [-0.2, -0.15) is 0 Å². The summed E-state index contributed by atoms with van der Waals surface area (Å²) < 4.78 is 18.5. The summed E-state index contributed by atoms with van der Waals surface area (Å²) >= 11 is 0. The third-order valence-electron chi connectivity index (χ3n) is 4.26. The van der Waals surface area contributed by atoms with Crippen molar-refractivity contribution in [2.24, 2.45) is 11.7 Å². The fraction of sp³-hybridized carbons (Fsp3) is 0.263. The van der Waals surface area contributed by atoms with E-state index in [-0.39, 0.29) is 23.5 Å². The van der Waals surface area contributed by atoms with Gasteiger partial charge in [-0.05, 0) is 61.4 Å². The molecular formula is C19H19FN2O3. The van der Waals surface area contributed by atoms with E-state index in [4.69, 9.17) is 10.5 Å². The SMILES string of the molecule is NC(=O)C1CCCN(C(=O)c2ccc(Oc3ccc(F)cc3)cc2)C1. The molecule has 130 valence electrons. The number of hydrogen-bond donors (Lipinski definition) is 1. The number of primary amides is 1. The normalized spacial score (nSPS) is 17.2. The van der Waals surface area contributed by atoms with Gasteiger partial charge in [-0.15, -0.1) is 0 Å². The second kappa shape index (κ2) is 7.34. The number of ether oxygens (including phenoxy) is 1. The predicted molar refractivity (Wildman–Crippen MR) is 90.7 cm³/mol. The van der Waals surface area contributed by atoms with Crippen molar-refractivity contribution in [2.75, 3.05) is 13.1 Å². The summed E-state index contributed by atoms with van der Waals surface area (Å²) in [4.78, 5) is 25.6. The van der Waals surface area contributed by atoms with E-state index in [9.17, 15) is 14.0 Å². The third kappa shape index (κ3) is 4.15. The zero-order chi connectivity index (χ0) is 17.8. The molecule has 5 nitrogen and oxygen atoms in total. The lowest BCUT2D eigenvalue weighted by Crippen LogP contribution is -2.44. The van der Waals surface area contributed by atoms with Gasteiger partial charge in [0.2, 0.25) is 5.91 Å². The van der Waals surface area contributed by atoms with Crippen molar-refractivity contribution in [3.8, 4) is 11.5 Å². The van der Waals surface area contributed by atoms with Gasteiger partial charge in [0.05, 0.1) is 5.92 Å². The molecule has 1 saturated heterocycles. The molecule has 1 aliphatic rings. The monoisotopic (exact) mass is 342 g/mol. The first-order valence-corrected chi connectivity index (χ1v) is 8.15. The zero-order valence-corrected chi connectivity index (χ0v) is 13.7. The van der Waals surface area contributed by atoms with E-state index in [0.29, 0.717) is 30.2 Å². The maximum Gasteiger partial charge on any atom is 0.253 e. The second-order valence-corrected chi connectivity index (χ2v) is 6.07. The first kappa shape index (κ1) is 17.0. The molecule has 2 N–H and O–H groups in total. The fourth-order valence-corrected chi connectivity index (χ4v) is 2.88. The number of hydrogen-bond acceptors (Lipinski definition) is 3. The molecule has 0 saturated carbocycles. The van der Waals surface area contributed by atoms with Gasteiger partial charge in [0.1, 0.15) is 17.3 Å². The summed E-state index contributed by atoms with van der Waals surface area (Å²) in [6, 6.07) is 12.4. The van der Waals surface area contributed by atoms with Crippen molar-refractivity contribution in [1.82, 2.24) is 4.90 Å². The molecule has 0 spiro atoms. The van der Waals surface area contributed by atoms with Gasteiger partial charge >= 0.3 is 0 Å². The van der Waals surface area contributed by atoms with Gasteiger partial charge < -0.3 is 15.4 Å². The molecule has 1 atom stereocenters. The first-order valence-electron chi connectivity index (χ1n) is 8.15. The minimum Gasteiger partial charge on any atom is -0.457 e. The Balaban J connectivity index is 1.66. The molecule has 1 heterocycles. The number of carbonyl (C=O) groups excluding carboxylic acids is 2. The van der Waals surface area contributed by atoms with Crippen molar-refractivity contribution in [3.05, 3.63) is 59.9 Å². The minimum absolute atomic E-state index is 0.126. The number of rotatable bonds is 4. The lowest BCUT2D eigenvalue weighted by atomic mass is 9.97. The van der Waals surface area contributed by atoms with E-state index in [1.165, 1.54) is 24.3 Å². The standard InChI is InChI=1S/C19H19FN2O3/c20-15-5-9-17(10-6-15)25-16-7-3-13(4-8-16)19(24)22-11-1-2-14(12-22)18(21)23/h3-10,14H,1-2,11-12H2,(H2,21,23). The van der Waals surface area contributed by atoms with Crippen LogP contribution in [0, 0.1) is 11.7 Å². The number of nitrogens with two attached hydrogens (primary N) is 1. The summed E-state index contributed by atoms with van der Waals surface area (Å²) in [6.45, 7) is 0.985. The van der Waals surface area contributed by atoms with E-state index in [1.807, 2.05) is 0 Å². The van der Waals surface area contributed by atoms with E-state index in [1.54, 1.807) is 29.2 Å². The number of piperidine rings is 1. The number of likely N-dealkylation sites (tertiary alicyclic amines) is 1.